The SMILES string of the molecule is CC1CC(C(=O)N2CC3CCC(C2)O3)CCC1N. The highest BCUT2D eigenvalue weighted by Gasteiger charge is 2.39. The van der Waals surface area contributed by atoms with Gasteiger partial charge in [0.05, 0.1) is 12.2 Å². The Morgan fingerprint density at radius 2 is 1.83 bits per heavy atom. The first kappa shape index (κ1) is 12.4. The highest BCUT2D eigenvalue weighted by Crippen LogP contribution is 2.32. The lowest BCUT2D eigenvalue weighted by atomic mass is 9.78. The largest absolute Gasteiger partial charge is 0.371 e. The number of morpholine rings is 1. The average Bonchev–Trinajstić information content (AvgIpc) is 2.71. The Labute approximate surface area is 109 Å². The maximum Gasteiger partial charge on any atom is 0.225 e. The molecule has 0 aromatic rings. The Morgan fingerprint density at radius 3 is 2.44 bits per heavy atom. The first-order valence-electron chi connectivity index (χ1n) is 7.33. The first-order valence-corrected chi connectivity index (χ1v) is 7.33. The van der Waals surface area contributed by atoms with Crippen LogP contribution >= 0.6 is 0 Å². The Morgan fingerprint density at radius 1 is 1.17 bits per heavy atom. The van der Waals surface area contributed by atoms with E-state index in [4.69, 9.17) is 10.5 Å². The fraction of sp³-hybridized carbons (Fsp3) is 0.929. The van der Waals surface area contributed by atoms with Gasteiger partial charge in [-0.25, -0.2) is 0 Å². The van der Waals surface area contributed by atoms with Crippen molar-refractivity contribution in [2.45, 2.75) is 57.3 Å². The van der Waals surface area contributed by atoms with Gasteiger partial charge in [0.25, 0.3) is 0 Å². The predicted molar refractivity (Wildman–Crippen MR) is 69.0 cm³/mol. The van der Waals surface area contributed by atoms with Crippen molar-refractivity contribution in [3.8, 4) is 0 Å². The molecule has 0 aromatic heterocycles. The molecule has 2 aliphatic heterocycles. The maximum atomic E-state index is 12.6. The van der Waals surface area contributed by atoms with Gasteiger partial charge in [-0.05, 0) is 38.0 Å². The van der Waals surface area contributed by atoms with Crippen LogP contribution < -0.4 is 5.73 Å². The molecule has 2 N–H and O–H groups in total. The molecule has 5 unspecified atom stereocenters. The third kappa shape index (κ3) is 2.28. The summed E-state index contributed by atoms with van der Waals surface area (Å²) in [5.41, 5.74) is 6.03. The second-order valence-corrected chi connectivity index (χ2v) is 6.35. The number of carbonyl (C=O) groups excluding carboxylic acids is 1. The van der Waals surface area contributed by atoms with Crippen LogP contribution in [0.25, 0.3) is 0 Å². The van der Waals surface area contributed by atoms with Gasteiger partial charge in [0.2, 0.25) is 5.91 Å². The molecule has 2 saturated heterocycles. The molecule has 2 bridgehead atoms. The number of fused-ring (bicyclic) bond motifs is 2. The van der Waals surface area contributed by atoms with Crippen LogP contribution in [0.5, 0.6) is 0 Å². The number of hydrogen-bond donors (Lipinski definition) is 1. The van der Waals surface area contributed by atoms with Crippen molar-refractivity contribution in [2.75, 3.05) is 13.1 Å². The fourth-order valence-electron chi connectivity index (χ4n) is 3.70. The molecule has 0 spiro atoms. The zero-order chi connectivity index (χ0) is 12.7. The first-order chi connectivity index (χ1) is 8.63. The number of carbonyl (C=O) groups is 1. The summed E-state index contributed by atoms with van der Waals surface area (Å²) in [6.45, 7) is 3.80. The highest BCUT2D eigenvalue weighted by molar-refractivity contribution is 5.79. The molecule has 0 radical (unpaired) electrons. The highest BCUT2D eigenvalue weighted by atomic mass is 16.5. The van der Waals surface area contributed by atoms with Gasteiger partial charge >= 0.3 is 0 Å². The molecule has 2 heterocycles. The Kier molecular flexibility index (Phi) is 3.32. The van der Waals surface area contributed by atoms with E-state index in [0.717, 1.165) is 45.2 Å². The van der Waals surface area contributed by atoms with Crippen LogP contribution in [0, 0.1) is 11.8 Å². The summed E-state index contributed by atoms with van der Waals surface area (Å²) in [4.78, 5) is 14.6. The van der Waals surface area contributed by atoms with Crippen molar-refractivity contribution in [3.05, 3.63) is 0 Å². The minimum Gasteiger partial charge on any atom is -0.371 e. The smallest absolute Gasteiger partial charge is 0.225 e. The molecular formula is C14H24N2O2. The molecule has 102 valence electrons. The van der Waals surface area contributed by atoms with Gasteiger partial charge in [0.15, 0.2) is 0 Å². The van der Waals surface area contributed by atoms with Gasteiger partial charge in [-0.15, -0.1) is 0 Å². The van der Waals surface area contributed by atoms with Gasteiger partial charge in [0.1, 0.15) is 0 Å². The van der Waals surface area contributed by atoms with Gasteiger partial charge in [0, 0.05) is 25.0 Å². The lowest BCUT2D eigenvalue weighted by Gasteiger charge is -2.37. The summed E-state index contributed by atoms with van der Waals surface area (Å²) in [5.74, 6) is 1.04. The van der Waals surface area contributed by atoms with Crippen LogP contribution in [-0.4, -0.2) is 42.1 Å². The topological polar surface area (TPSA) is 55.6 Å². The molecule has 0 aromatic carbocycles. The lowest BCUT2D eigenvalue weighted by Crippen LogP contribution is -2.49. The minimum atomic E-state index is 0.206. The normalized spacial score (nSPS) is 44.1. The van der Waals surface area contributed by atoms with Crippen LogP contribution in [0.4, 0.5) is 0 Å². The number of nitrogens with two attached hydrogens (primary N) is 1. The zero-order valence-electron chi connectivity index (χ0n) is 11.2. The van der Waals surface area contributed by atoms with E-state index >= 15 is 0 Å². The number of likely N-dealkylation sites (tertiary alicyclic amines) is 1. The Bertz CT molecular complexity index is 322. The summed E-state index contributed by atoms with van der Waals surface area (Å²) in [6, 6.07) is 0.287. The van der Waals surface area contributed by atoms with E-state index in [9.17, 15) is 4.79 Å². The van der Waals surface area contributed by atoms with Crippen LogP contribution in [-0.2, 0) is 9.53 Å². The second-order valence-electron chi connectivity index (χ2n) is 6.35. The molecule has 1 saturated carbocycles. The summed E-state index contributed by atoms with van der Waals surface area (Å²) in [6.07, 6.45) is 5.78. The van der Waals surface area contributed by atoms with Gasteiger partial charge in [-0.3, -0.25) is 4.79 Å². The van der Waals surface area contributed by atoms with Crippen LogP contribution in [0.15, 0.2) is 0 Å². The van der Waals surface area contributed by atoms with Crippen molar-refractivity contribution >= 4 is 5.91 Å². The van der Waals surface area contributed by atoms with Crippen LogP contribution in [0.1, 0.15) is 39.0 Å². The van der Waals surface area contributed by atoms with E-state index in [2.05, 4.69) is 11.8 Å². The molecule has 4 nitrogen and oxygen atoms in total. The molecular weight excluding hydrogens is 228 g/mol. The molecule has 1 amide bonds. The molecule has 5 atom stereocenters. The van der Waals surface area contributed by atoms with E-state index in [0.29, 0.717) is 24.0 Å². The number of hydrogen-bond acceptors (Lipinski definition) is 3. The molecule has 1 aliphatic carbocycles. The van der Waals surface area contributed by atoms with Crippen LogP contribution in [0.3, 0.4) is 0 Å². The van der Waals surface area contributed by atoms with E-state index < -0.39 is 0 Å². The Hall–Kier alpha value is -0.610. The van der Waals surface area contributed by atoms with E-state index in [1.807, 2.05) is 0 Å². The predicted octanol–water partition coefficient (Wildman–Crippen LogP) is 1.14. The van der Waals surface area contributed by atoms with E-state index in [1.165, 1.54) is 0 Å². The Balaban J connectivity index is 1.61. The number of amides is 1. The molecule has 3 rings (SSSR count). The van der Waals surface area contributed by atoms with Crippen molar-refractivity contribution < 1.29 is 9.53 Å². The summed E-state index contributed by atoms with van der Waals surface area (Å²) >= 11 is 0. The second kappa shape index (κ2) is 4.82. The molecule has 4 heteroatoms. The number of rotatable bonds is 1. The average molecular weight is 252 g/mol. The van der Waals surface area contributed by atoms with Gasteiger partial charge < -0.3 is 15.4 Å². The molecule has 3 aliphatic rings. The lowest BCUT2D eigenvalue weighted by molar-refractivity contribution is -0.145. The summed E-state index contributed by atoms with van der Waals surface area (Å²) in [5, 5.41) is 0. The van der Waals surface area contributed by atoms with Crippen molar-refractivity contribution in [1.29, 1.82) is 0 Å². The minimum absolute atomic E-state index is 0.206. The van der Waals surface area contributed by atoms with Gasteiger partial charge in [-0.1, -0.05) is 6.92 Å². The van der Waals surface area contributed by atoms with Gasteiger partial charge in [-0.2, -0.15) is 0 Å². The van der Waals surface area contributed by atoms with Crippen LogP contribution in [0.2, 0.25) is 0 Å². The molecule has 18 heavy (non-hydrogen) atoms. The monoisotopic (exact) mass is 252 g/mol. The van der Waals surface area contributed by atoms with Crippen molar-refractivity contribution in [3.63, 3.8) is 0 Å². The van der Waals surface area contributed by atoms with Crippen molar-refractivity contribution in [1.82, 2.24) is 4.90 Å². The third-order valence-corrected chi connectivity index (χ3v) is 4.94. The number of nitrogens with zero attached hydrogens (tertiary/aromatic N) is 1. The standard InChI is InChI=1S/C14H24N2O2/c1-9-6-10(2-5-13(9)15)14(17)16-7-11-3-4-12(8-16)18-11/h9-13H,2-8,15H2,1H3. The third-order valence-electron chi connectivity index (χ3n) is 4.94. The van der Waals surface area contributed by atoms with Crippen molar-refractivity contribution in [2.24, 2.45) is 17.6 Å². The number of ether oxygens (including phenoxy) is 1. The van der Waals surface area contributed by atoms with E-state index in [-0.39, 0.29) is 12.0 Å². The summed E-state index contributed by atoms with van der Waals surface area (Å²) < 4.78 is 5.79. The maximum absolute atomic E-state index is 12.6. The molecule has 3 fully saturated rings. The quantitative estimate of drug-likeness (QED) is 0.761. The zero-order valence-corrected chi connectivity index (χ0v) is 11.2. The fourth-order valence-corrected chi connectivity index (χ4v) is 3.70. The van der Waals surface area contributed by atoms with E-state index in [1.54, 1.807) is 0 Å². The summed E-state index contributed by atoms with van der Waals surface area (Å²) in [7, 11) is 0.